The molecule has 3 rings (SSSR count). The van der Waals surface area contributed by atoms with Crippen molar-refractivity contribution in [3.63, 3.8) is 0 Å². The number of nitrogens with zero attached hydrogens (tertiary/aromatic N) is 1. The van der Waals surface area contributed by atoms with E-state index in [-0.39, 0.29) is 11.4 Å². The van der Waals surface area contributed by atoms with Gasteiger partial charge in [0.2, 0.25) is 0 Å². The van der Waals surface area contributed by atoms with E-state index >= 15 is 0 Å². The summed E-state index contributed by atoms with van der Waals surface area (Å²) >= 11 is 0. The number of amides is 1. The Labute approximate surface area is 149 Å². The number of pyridine rings is 1. The quantitative estimate of drug-likeness (QED) is 0.696. The number of hydrogen-bond donors (Lipinski definition) is 2. The lowest BCUT2D eigenvalue weighted by atomic mass is 10.1. The van der Waals surface area contributed by atoms with Crippen molar-refractivity contribution in [2.24, 2.45) is 0 Å². The minimum atomic E-state index is -0.845. The third-order valence-corrected chi connectivity index (χ3v) is 3.68. The van der Waals surface area contributed by atoms with Gasteiger partial charge in [-0.3, -0.25) is 9.78 Å². The largest absolute Gasteiger partial charge is 0.355 e. The summed E-state index contributed by atoms with van der Waals surface area (Å²) in [5.74, 6) is -2.14. The summed E-state index contributed by atoms with van der Waals surface area (Å²) in [5.41, 5.74) is 3.81. The first-order valence-corrected chi connectivity index (χ1v) is 7.98. The van der Waals surface area contributed by atoms with E-state index in [1.165, 1.54) is 12.3 Å². The zero-order chi connectivity index (χ0) is 18.7. The van der Waals surface area contributed by atoms with E-state index in [4.69, 9.17) is 0 Å². The van der Waals surface area contributed by atoms with Crippen LogP contribution < -0.4 is 10.6 Å². The fourth-order valence-electron chi connectivity index (χ4n) is 2.62. The summed E-state index contributed by atoms with van der Waals surface area (Å²) in [4.78, 5) is 16.3. The van der Waals surface area contributed by atoms with Gasteiger partial charge in [0.1, 0.15) is 17.3 Å². The third-order valence-electron chi connectivity index (χ3n) is 3.68. The Bertz CT molecular complexity index is 953. The molecule has 0 atom stereocenters. The zero-order valence-electron chi connectivity index (χ0n) is 14.3. The standard InChI is InChI=1S/C20H17F2N3O/c1-12-7-13(2)9-16(8-12)24-15-5-6-23-19(11-15)20(26)25-18-4-3-14(21)10-17(18)22/h3-11H,1-2H3,(H,23,24)(H,25,26). The van der Waals surface area contributed by atoms with Crippen LogP contribution in [0.5, 0.6) is 0 Å². The van der Waals surface area contributed by atoms with Crippen LogP contribution in [0.1, 0.15) is 21.6 Å². The molecule has 2 N–H and O–H groups in total. The number of hydrogen-bond acceptors (Lipinski definition) is 3. The second-order valence-electron chi connectivity index (χ2n) is 6.01. The first-order valence-electron chi connectivity index (χ1n) is 7.98. The lowest BCUT2D eigenvalue weighted by Crippen LogP contribution is -2.15. The van der Waals surface area contributed by atoms with Gasteiger partial charge in [0, 0.05) is 23.6 Å². The number of anilines is 3. The van der Waals surface area contributed by atoms with Crippen LogP contribution in [-0.2, 0) is 0 Å². The molecular formula is C20H17F2N3O. The van der Waals surface area contributed by atoms with Crippen molar-refractivity contribution in [3.05, 3.63) is 83.2 Å². The smallest absolute Gasteiger partial charge is 0.274 e. The predicted molar refractivity (Wildman–Crippen MR) is 97.7 cm³/mol. The summed E-state index contributed by atoms with van der Waals surface area (Å²) in [5, 5.41) is 5.61. The second-order valence-corrected chi connectivity index (χ2v) is 6.01. The van der Waals surface area contributed by atoms with Gasteiger partial charge in [-0.1, -0.05) is 6.07 Å². The lowest BCUT2D eigenvalue weighted by Gasteiger charge is -2.10. The van der Waals surface area contributed by atoms with Gasteiger partial charge in [-0.2, -0.15) is 0 Å². The van der Waals surface area contributed by atoms with Crippen LogP contribution in [0.2, 0.25) is 0 Å². The van der Waals surface area contributed by atoms with Crippen LogP contribution in [0.4, 0.5) is 25.8 Å². The monoisotopic (exact) mass is 353 g/mol. The molecule has 0 radical (unpaired) electrons. The number of halogens is 2. The molecule has 0 aliphatic carbocycles. The second kappa shape index (κ2) is 7.31. The first-order chi connectivity index (χ1) is 12.4. The van der Waals surface area contributed by atoms with Crippen molar-refractivity contribution in [3.8, 4) is 0 Å². The van der Waals surface area contributed by atoms with Crippen LogP contribution in [0.3, 0.4) is 0 Å². The van der Waals surface area contributed by atoms with Crippen molar-refractivity contribution in [1.82, 2.24) is 4.98 Å². The van der Waals surface area contributed by atoms with Gasteiger partial charge < -0.3 is 10.6 Å². The van der Waals surface area contributed by atoms with E-state index in [2.05, 4.69) is 21.7 Å². The Morgan fingerprint density at radius 2 is 1.65 bits per heavy atom. The van der Waals surface area contributed by atoms with Crippen molar-refractivity contribution in [1.29, 1.82) is 0 Å². The topological polar surface area (TPSA) is 54.0 Å². The number of nitrogens with one attached hydrogen (secondary N) is 2. The minimum absolute atomic E-state index is 0.106. The molecule has 4 nitrogen and oxygen atoms in total. The Morgan fingerprint density at radius 1 is 0.923 bits per heavy atom. The zero-order valence-corrected chi connectivity index (χ0v) is 14.3. The Balaban J connectivity index is 1.78. The number of carbonyl (C=O) groups excluding carboxylic acids is 1. The number of aryl methyl sites for hydroxylation is 2. The molecule has 26 heavy (non-hydrogen) atoms. The molecule has 0 spiro atoms. The minimum Gasteiger partial charge on any atom is -0.355 e. The molecule has 132 valence electrons. The van der Waals surface area contributed by atoms with E-state index in [0.29, 0.717) is 11.8 Å². The highest BCUT2D eigenvalue weighted by atomic mass is 19.1. The van der Waals surface area contributed by atoms with E-state index in [0.717, 1.165) is 22.9 Å². The summed E-state index contributed by atoms with van der Waals surface area (Å²) in [6, 6.07) is 12.3. The Morgan fingerprint density at radius 3 is 2.35 bits per heavy atom. The van der Waals surface area contributed by atoms with Crippen molar-refractivity contribution in [2.75, 3.05) is 10.6 Å². The third kappa shape index (κ3) is 4.22. The van der Waals surface area contributed by atoms with E-state index in [1.54, 1.807) is 12.1 Å². The summed E-state index contributed by atoms with van der Waals surface area (Å²) in [6.07, 6.45) is 1.49. The molecule has 0 aliphatic rings. The van der Waals surface area contributed by atoms with Crippen molar-refractivity contribution < 1.29 is 13.6 Å². The van der Waals surface area contributed by atoms with Gasteiger partial charge >= 0.3 is 0 Å². The van der Waals surface area contributed by atoms with Crippen LogP contribution in [-0.4, -0.2) is 10.9 Å². The fraction of sp³-hybridized carbons (Fsp3) is 0.100. The van der Waals surface area contributed by atoms with Crippen LogP contribution in [0.25, 0.3) is 0 Å². The van der Waals surface area contributed by atoms with Crippen molar-refractivity contribution >= 4 is 23.0 Å². The fourth-order valence-corrected chi connectivity index (χ4v) is 2.62. The van der Waals surface area contributed by atoms with E-state index in [1.807, 2.05) is 26.0 Å². The molecule has 0 unspecified atom stereocenters. The first kappa shape index (κ1) is 17.5. The highest BCUT2D eigenvalue weighted by Gasteiger charge is 2.12. The predicted octanol–water partition coefficient (Wildman–Crippen LogP) is 4.97. The van der Waals surface area contributed by atoms with Gasteiger partial charge in [-0.05, 0) is 61.4 Å². The Hall–Kier alpha value is -3.28. The summed E-state index contributed by atoms with van der Waals surface area (Å²) in [7, 11) is 0. The molecule has 1 aromatic heterocycles. The average Bonchev–Trinajstić information content (AvgIpc) is 2.56. The molecule has 0 bridgehead atoms. The lowest BCUT2D eigenvalue weighted by molar-refractivity contribution is 0.102. The van der Waals surface area contributed by atoms with E-state index in [9.17, 15) is 13.6 Å². The van der Waals surface area contributed by atoms with Crippen LogP contribution in [0, 0.1) is 25.5 Å². The molecular weight excluding hydrogens is 336 g/mol. The Kier molecular flexibility index (Phi) is 4.93. The van der Waals surface area contributed by atoms with Gasteiger partial charge in [-0.15, -0.1) is 0 Å². The van der Waals surface area contributed by atoms with Crippen LogP contribution in [0.15, 0.2) is 54.7 Å². The average molecular weight is 353 g/mol. The molecule has 0 saturated carbocycles. The maximum absolute atomic E-state index is 13.7. The maximum Gasteiger partial charge on any atom is 0.274 e. The molecule has 1 heterocycles. The normalized spacial score (nSPS) is 10.5. The van der Waals surface area contributed by atoms with Gasteiger partial charge in [0.25, 0.3) is 5.91 Å². The summed E-state index contributed by atoms with van der Waals surface area (Å²) in [6.45, 7) is 4.00. The number of carbonyl (C=O) groups is 1. The molecule has 3 aromatic rings. The molecule has 1 amide bonds. The van der Waals surface area contributed by atoms with Gasteiger partial charge in [0.15, 0.2) is 0 Å². The van der Waals surface area contributed by atoms with Gasteiger partial charge in [0.05, 0.1) is 5.69 Å². The SMILES string of the molecule is Cc1cc(C)cc(Nc2ccnc(C(=O)Nc3ccc(F)cc3F)c2)c1. The molecule has 0 aliphatic heterocycles. The van der Waals surface area contributed by atoms with E-state index < -0.39 is 17.5 Å². The summed E-state index contributed by atoms with van der Waals surface area (Å²) < 4.78 is 26.6. The highest BCUT2D eigenvalue weighted by molar-refractivity contribution is 6.03. The molecule has 0 fully saturated rings. The number of benzene rings is 2. The highest BCUT2D eigenvalue weighted by Crippen LogP contribution is 2.21. The number of rotatable bonds is 4. The molecule has 2 aromatic carbocycles. The van der Waals surface area contributed by atoms with Gasteiger partial charge in [-0.25, -0.2) is 8.78 Å². The van der Waals surface area contributed by atoms with Crippen LogP contribution >= 0.6 is 0 Å². The molecule has 6 heteroatoms. The molecule has 0 saturated heterocycles. The maximum atomic E-state index is 13.7. The van der Waals surface area contributed by atoms with Crippen molar-refractivity contribution in [2.45, 2.75) is 13.8 Å². The number of aromatic nitrogens is 1.